The maximum absolute atomic E-state index is 5.08. The predicted octanol–water partition coefficient (Wildman–Crippen LogP) is 8.08. The molecular formula is C29H46N2. The van der Waals surface area contributed by atoms with Crippen molar-refractivity contribution in [3.05, 3.63) is 47.7 Å². The lowest BCUT2D eigenvalue weighted by atomic mass is 9.83. The summed E-state index contributed by atoms with van der Waals surface area (Å²) in [6.45, 7) is 14.5. The van der Waals surface area contributed by atoms with E-state index in [9.17, 15) is 0 Å². The summed E-state index contributed by atoms with van der Waals surface area (Å²) < 4.78 is 0. The Morgan fingerprint density at radius 1 is 1.00 bits per heavy atom. The van der Waals surface area contributed by atoms with Crippen molar-refractivity contribution in [1.29, 1.82) is 0 Å². The van der Waals surface area contributed by atoms with Crippen LogP contribution in [0.5, 0.6) is 0 Å². The maximum atomic E-state index is 5.08. The summed E-state index contributed by atoms with van der Waals surface area (Å²) in [6.07, 6.45) is 22.6. The molecule has 2 unspecified atom stereocenters. The molecule has 0 saturated heterocycles. The van der Waals surface area contributed by atoms with Gasteiger partial charge in [-0.05, 0) is 80.4 Å². The van der Waals surface area contributed by atoms with E-state index in [0.717, 1.165) is 25.3 Å². The molecule has 0 amide bonds. The van der Waals surface area contributed by atoms with Crippen LogP contribution in [0.15, 0.2) is 52.7 Å². The Balaban J connectivity index is 1.61. The minimum absolute atomic E-state index is 0.355. The summed E-state index contributed by atoms with van der Waals surface area (Å²) in [6, 6.07) is 0.355. The lowest BCUT2D eigenvalue weighted by Crippen LogP contribution is -2.21. The molecule has 2 atom stereocenters. The fourth-order valence-corrected chi connectivity index (χ4v) is 4.97. The Bertz CT molecular complexity index is 704. The zero-order chi connectivity index (χ0) is 22.1. The van der Waals surface area contributed by atoms with Gasteiger partial charge in [0.15, 0.2) is 0 Å². The third kappa shape index (κ3) is 7.51. The second kappa shape index (κ2) is 12.5. The first kappa shape index (κ1) is 24.1. The SMILES string of the molecule is C=C(NCCCC)C1C=C(CC(=C)C2CCC(C3CC3)=N2)C(CCCCCCC)=CC1. The first-order valence-electron chi connectivity index (χ1n) is 13.2. The van der Waals surface area contributed by atoms with E-state index in [1.54, 1.807) is 5.57 Å². The topological polar surface area (TPSA) is 24.4 Å². The predicted molar refractivity (Wildman–Crippen MR) is 137 cm³/mol. The molecule has 2 nitrogen and oxygen atoms in total. The Morgan fingerprint density at radius 3 is 2.52 bits per heavy atom. The lowest BCUT2D eigenvalue weighted by molar-refractivity contribution is 0.610. The molecule has 3 aliphatic rings. The summed E-state index contributed by atoms with van der Waals surface area (Å²) >= 11 is 0. The summed E-state index contributed by atoms with van der Waals surface area (Å²) in [4.78, 5) is 5.08. The van der Waals surface area contributed by atoms with E-state index in [2.05, 4.69) is 44.5 Å². The van der Waals surface area contributed by atoms with Crippen LogP contribution in [0.4, 0.5) is 0 Å². The minimum Gasteiger partial charge on any atom is -0.388 e. The van der Waals surface area contributed by atoms with Gasteiger partial charge < -0.3 is 5.32 Å². The van der Waals surface area contributed by atoms with Gasteiger partial charge in [-0.15, -0.1) is 0 Å². The average molecular weight is 423 g/mol. The van der Waals surface area contributed by atoms with Crippen LogP contribution in [0.3, 0.4) is 0 Å². The lowest BCUT2D eigenvalue weighted by Gasteiger charge is -2.26. The van der Waals surface area contributed by atoms with E-state index < -0.39 is 0 Å². The molecule has 1 N–H and O–H groups in total. The largest absolute Gasteiger partial charge is 0.388 e. The van der Waals surface area contributed by atoms with E-state index in [-0.39, 0.29) is 0 Å². The van der Waals surface area contributed by atoms with Gasteiger partial charge in [0.25, 0.3) is 0 Å². The molecule has 172 valence electrons. The van der Waals surface area contributed by atoms with E-state index in [4.69, 9.17) is 4.99 Å². The van der Waals surface area contributed by atoms with E-state index in [1.807, 2.05) is 0 Å². The van der Waals surface area contributed by atoms with Gasteiger partial charge in [0, 0.05) is 23.9 Å². The fourth-order valence-electron chi connectivity index (χ4n) is 4.97. The third-order valence-corrected chi connectivity index (χ3v) is 7.25. The van der Waals surface area contributed by atoms with Crippen LogP contribution in [0.1, 0.15) is 104 Å². The number of hydrogen-bond donors (Lipinski definition) is 1. The number of hydrogen-bond acceptors (Lipinski definition) is 2. The Hall–Kier alpha value is -1.57. The van der Waals surface area contributed by atoms with Crippen molar-refractivity contribution >= 4 is 5.71 Å². The molecule has 1 aliphatic heterocycles. The molecule has 3 rings (SSSR count). The van der Waals surface area contributed by atoms with Crippen molar-refractivity contribution in [1.82, 2.24) is 5.32 Å². The van der Waals surface area contributed by atoms with Gasteiger partial charge in [-0.3, -0.25) is 4.99 Å². The van der Waals surface area contributed by atoms with E-state index >= 15 is 0 Å². The van der Waals surface area contributed by atoms with Gasteiger partial charge >= 0.3 is 0 Å². The van der Waals surface area contributed by atoms with Crippen molar-refractivity contribution in [2.24, 2.45) is 16.8 Å². The van der Waals surface area contributed by atoms with Crippen LogP contribution < -0.4 is 5.32 Å². The number of allylic oxidation sites excluding steroid dienone is 4. The van der Waals surface area contributed by atoms with E-state index in [0.29, 0.717) is 12.0 Å². The van der Waals surface area contributed by atoms with Gasteiger partial charge in [0.05, 0.1) is 6.04 Å². The fraction of sp³-hybridized carbons (Fsp3) is 0.690. The zero-order valence-corrected chi connectivity index (χ0v) is 20.4. The van der Waals surface area contributed by atoms with Gasteiger partial charge in [-0.25, -0.2) is 0 Å². The Labute approximate surface area is 192 Å². The summed E-state index contributed by atoms with van der Waals surface area (Å²) in [7, 11) is 0. The van der Waals surface area contributed by atoms with Crippen LogP contribution >= 0.6 is 0 Å². The van der Waals surface area contributed by atoms with Crippen molar-refractivity contribution < 1.29 is 0 Å². The molecule has 1 saturated carbocycles. The molecule has 2 aliphatic carbocycles. The van der Waals surface area contributed by atoms with Crippen molar-refractivity contribution in [3.63, 3.8) is 0 Å². The average Bonchev–Trinajstić information content (AvgIpc) is 3.50. The van der Waals surface area contributed by atoms with Crippen molar-refractivity contribution in [2.45, 2.75) is 110 Å². The van der Waals surface area contributed by atoms with E-state index in [1.165, 1.54) is 99.6 Å². The number of rotatable bonds is 15. The summed E-state index contributed by atoms with van der Waals surface area (Å²) in [5.41, 5.74) is 7.07. The number of aliphatic imine (C=N–C) groups is 1. The van der Waals surface area contributed by atoms with Crippen molar-refractivity contribution in [3.8, 4) is 0 Å². The maximum Gasteiger partial charge on any atom is 0.0712 e. The quantitative estimate of drug-likeness (QED) is 0.209. The second-order valence-electron chi connectivity index (χ2n) is 10.0. The van der Waals surface area contributed by atoms with Crippen molar-refractivity contribution in [2.75, 3.05) is 6.54 Å². The molecule has 0 spiro atoms. The van der Waals surface area contributed by atoms with Crippen LogP contribution in [-0.4, -0.2) is 18.3 Å². The molecule has 0 aromatic carbocycles. The van der Waals surface area contributed by atoms with Gasteiger partial charge in [-0.1, -0.05) is 71.3 Å². The highest BCUT2D eigenvalue weighted by Gasteiger charge is 2.32. The van der Waals surface area contributed by atoms with Gasteiger partial charge in [0.2, 0.25) is 0 Å². The Morgan fingerprint density at radius 2 is 1.77 bits per heavy atom. The molecule has 1 heterocycles. The molecule has 2 heteroatoms. The summed E-state index contributed by atoms with van der Waals surface area (Å²) in [5.74, 6) is 1.23. The second-order valence-corrected chi connectivity index (χ2v) is 10.0. The zero-order valence-electron chi connectivity index (χ0n) is 20.4. The highest BCUT2D eigenvalue weighted by atomic mass is 14.9. The van der Waals surface area contributed by atoms with Crippen LogP contribution in [-0.2, 0) is 0 Å². The Kier molecular flexibility index (Phi) is 9.68. The monoisotopic (exact) mass is 422 g/mol. The molecule has 1 fully saturated rings. The van der Waals surface area contributed by atoms with Gasteiger partial charge in [0.1, 0.15) is 0 Å². The first-order valence-corrected chi connectivity index (χ1v) is 13.2. The molecule has 0 bridgehead atoms. The third-order valence-electron chi connectivity index (χ3n) is 7.25. The highest BCUT2D eigenvalue weighted by Crippen LogP contribution is 2.39. The molecule has 0 radical (unpaired) electrons. The number of nitrogens with one attached hydrogen (secondary N) is 1. The standard InChI is InChI=1S/C29H46N2/c1-5-7-9-10-11-12-24-13-16-26(23(4)30-19-8-6-2)21-27(24)20-22(3)28-17-18-29(31-28)25-14-15-25/h13,21,25-26,28,30H,3-12,14-20H2,1-2H3. The molecule has 0 aromatic rings. The molecule has 0 aromatic heterocycles. The minimum atomic E-state index is 0.355. The van der Waals surface area contributed by atoms with Crippen LogP contribution in [0.2, 0.25) is 0 Å². The number of nitrogens with zero attached hydrogens (tertiary/aromatic N) is 1. The molecule has 31 heavy (non-hydrogen) atoms. The molecular weight excluding hydrogens is 376 g/mol. The summed E-state index contributed by atoms with van der Waals surface area (Å²) in [5, 5.41) is 3.58. The van der Waals surface area contributed by atoms with Crippen LogP contribution in [0.25, 0.3) is 0 Å². The normalized spacial score (nSPS) is 23.2. The first-order chi connectivity index (χ1) is 15.1. The number of unbranched alkanes of at least 4 members (excludes halogenated alkanes) is 5. The highest BCUT2D eigenvalue weighted by molar-refractivity contribution is 5.90. The van der Waals surface area contributed by atoms with Crippen LogP contribution in [0, 0.1) is 11.8 Å². The smallest absolute Gasteiger partial charge is 0.0712 e. The van der Waals surface area contributed by atoms with Gasteiger partial charge in [-0.2, -0.15) is 0 Å².